The van der Waals surface area contributed by atoms with Crippen LogP contribution in [0.25, 0.3) is 0 Å². The van der Waals surface area contributed by atoms with Crippen LogP contribution in [0, 0.1) is 13.8 Å². The summed E-state index contributed by atoms with van der Waals surface area (Å²) < 4.78 is 5.27. The highest BCUT2D eigenvalue weighted by Gasteiger charge is 2.05. The van der Waals surface area contributed by atoms with Crippen LogP contribution in [0.4, 0.5) is 0 Å². The van der Waals surface area contributed by atoms with Gasteiger partial charge < -0.3 is 15.8 Å². The van der Waals surface area contributed by atoms with Gasteiger partial charge in [0.2, 0.25) is 5.91 Å². The third-order valence-corrected chi connectivity index (χ3v) is 2.40. The average Bonchev–Trinajstić information content (AvgIpc) is 2.25. The van der Waals surface area contributed by atoms with Gasteiger partial charge in [-0.3, -0.25) is 4.79 Å². The third kappa shape index (κ3) is 2.97. The molecular weight excluding hydrogens is 204 g/mol. The van der Waals surface area contributed by atoms with Gasteiger partial charge in [0.1, 0.15) is 5.75 Å². The number of aryl methyl sites for hydroxylation is 2. The number of rotatable bonds is 4. The summed E-state index contributed by atoms with van der Waals surface area (Å²) in [5.74, 6) is 0.750. The van der Waals surface area contributed by atoms with Crippen LogP contribution in [0.3, 0.4) is 0 Å². The van der Waals surface area contributed by atoms with Crippen molar-refractivity contribution in [3.63, 3.8) is 0 Å². The Balaban J connectivity index is 2.79. The number of benzene rings is 1. The number of methoxy groups -OCH3 is 1. The Morgan fingerprint density at radius 1 is 1.38 bits per heavy atom. The van der Waals surface area contributed by atoms with E-state index in [9.17, 15) is 4.79 Å². The van der Waals surface area contributed by atoms with Crippen molar-refractivity contribution in [1.82, 2.24) is 5.32 Å². The summed E-state index contributed by atoms with van der Waals surface area (Å²) in [5, 5.41) is 2.74. The molecule has 0 unspecified atom stereocenters. The van der Waals surface area contributed by atoms with E-state index in [2.05, 4.69) is 5.32 Å². The van der Waals surface area contributed by atoms with Crippen molar-refractivity contribution in [2.45, 2.75) is 20.4 Å². The summed E-state index contributed by atoms with van der Waals surface area (Å²) in [6, 6.07) is 4.01. The van der Waals surface area contributed by atoms with E-state index in [1.165, 1.54) is 0 Å². The predicted octanol–water partition coefficient (Wildman–Crippen LogP) is 0.887. The Labute approximate surface area is 95.8 Å². The van der Waals surface area contributed by atoms with Gasteiger partial charge in [0, 0.05) is 6.54 Å². The van der Waals surface area contributed by atoms with E-state index >= 15 is 0 Å². The first kappa shape index (κ1) is 12.5. The fourth-order valence-corrected chi connectivity index (χ4v) is 1.74. The molecule has 0 aliphatic heterocycles. The van der Waals surface area contributed by atoms with Crippen LogP contribution in [0.1, 0.15) is 16.7 Å². The first-order chi connectivity index (χ1) is 7.58. The van der Waals surface area contributed by atoms with Crippen molar-refractivity contribution >= 4 is 5.91 Å². The van der Waals surface area contributed by atoms with Crippen LogP contribution in [0.5, 0.6) is 5.75 Å². The maximum atomic E-state index is 11.0. The maximum absolute atomic E-state index is 11.0. The first-order valence-corrected chi connectivity index (χ1v) is 5.19. The predicted molar refractivity (Wildman–Crippen MR) is 63.4 cm³/mol. The molecule has 4 heteroatoms. The molecule has 0 saturated carbocycles. The van der Waals surface area contributed by atoms with Gasteiger partial charge in [0.15, 0.2) is 0 Å². The lowest BCUT2D eigenvalue weighted by Crippen LogP contribution is -2.29. The minimum atomic E-state index is -0.147. The summed E-state index contributed by atoms with van der Waals surface area (Å²) in [4.78, 5) is 11.0. The molecule has 1 amide bonds. The molecule has 0 fully saturated rings. The van der Waals surface area contributed by atoms with E-state index < -0.39 is 0 Å². The number of amides is 1. The maximum Gasteiger partial charge on any atom is 0.234 e. The van der Waals surface area contributed by atoms with Crippen molar-refractivity contribution in [2.75, 3.05) is 13.7 Å². The van der Waals surface area contributed by atoms with Gasteiger partial charge in [0.05, 0.1) is 13.7 Å². The van der Waals surface area contributed by atoms with E-state index in [0.29, 0.717) is 6.54 Å². The molecule has 1 rings (SSSR count). The number of nitrogens with one attached hydrogen (secondary N) is 1. The zero-order valence-corrected chi connectivity index (χ0v) is 9.96. The minimum absolute atomic E-state index is 0.0219. The molecule has 0 aliphatic carbocycles. The van der Waals surface area contributed by atoms with Gasteiger partial charge in [-0.1, -0.05) is 12.1 Å². The molecular formula is C12H18N2O2. The van der Waals surface area contributed by atoms with E-state index in [1.54, 1.807) is 7.11 Å². The molecule has 1 aromatic carbocycles. The fraction of sp³-hybridized carbons (Fsp3) is 0.417. The summed E-state index contributed by atoms with van der Waals surface area (Å²) >= 11 is 0. The molecule has 0 aliphatic rings. The number of hydrogen-bond acceptors (Lipinski definition) is 3. The SMILES string of the molecule is COc1c(C)cc(CNC(=O)CN)cc1C. The van der Waals surface area contributed by atoms with Crippen molar-refractivity contribution < 1.29 is 9.53 Å². The van der Waals surface area contributed by atoms with Crippen molar-refractivity contribution in [1.29, 1.82) is 0 Å². The highest BCUT2D eigenvalue weighted by molar-refractivity contribution is 5.77. The van der Waals surface area contributed by atoms with Crippen LogP contribution in [-0.4, -0.2) is 19.6 Å². The summed E-state index contributed by atoms with van der Waals surface area (Å²) in [5.41, 5.74) is 8.40. The van der Waals surface area contributed by atoms with Crippen LogP contribution in [0.15, 0.2) is 12.1 Å². The Hall–Kier alpha value is -1.55. The van der Waals surface area contributed by atoms with Crippen LogP contribution in [0.2, 0.25) is 0 Å². The molecule has 16 heavy (non-hydrogen) atoms. The number of nitrogens with two attached hydrogens (primary N) is 1. The Kier molecular flexibility index (Phi) is 4.31. The lowest BCUT2D eigenvalue weighted by molar-refractivity contribution is -0.119. The fourth-order valence-electron chi connectivity index (χ4n) is 1.74. The summed E-state index contributed by atoms with van der Waals surface area (Å²) in [6.45, 7) is 4.50. The second-order valence-corrected chi connectivity index (χ2v) is 3.74. The van der Waals surface area contributed by atoms with Crippen molar-refractivity contribution in [2.24, 2.45) is 5.73 Å². The zero-order valence-electron chi connectivity index (χ0n) is 9.96. The molecule has 0 aromatic heterocycles. The second kappa shape index (κ2) is 5.51. The lowest BCUT2D eigenvalue weighted by atomic mass is 10.1. The van der Waals surface area contributed by atoms with Gasteiger partial charge in [-0.05, 0) is 30.5 Å². The molecule has 4 nitrogen and oxygen atoms in total. The topological polar surface area (TPSA) is 64.3 Å². The van der Waals surface area contributed by atoms with E-state index in [4.69, 9.17) is 10.5 Å². The third-order valence-electron chi connectivity index (χ3n) is 2.40. The van der Waals surface area contributed by atoms with Crippen molar-refractivity contribution in [3.05, 3.63) is 28.8 Å². The molecule has 3 N–H and O–H groups in total. The Bertz CT molecular complexity index is 366. The van der Waals surface area contributed by atoms with Gasteiger partial charge >= 0.3 is 0 Å². The molecule has 0 spiro atoms. The normalized spacial score (nSPS) is 10.0. The monoisotopic (exact) mass is 222 g/mol. The van der Waals surface area contributed by atoms with Crippen LogP contribution < -0.4 is 15.8 Å². The van der Waals surface area contributed by atoms with E-state index in [1.807, 2.05) is 26.0 Å². The Morgan fingerprint density at radius 3 is 2.38 bits per heavy atom. The molecule has 0 radical (unpaired) electrons. The molecule has 0 heterocycles. The van der Waals surface area contributed by atoms with Gasteiger partial charge in [-0.25, -0.2) is 0 Å². The lowest BCUT2D eigenvalue weighted by Gasteiger charge is -2.11. The second-order valence-electron chi connectivity index (χ2n) is 3.74. The molecule has 0 bridgehead atoms. The van der Waals surface area contributed by atoms with E-state index in [0.717, 1.165) is 22.4 Å². The van der Waals surface area contributed by atoms with Crippen LogP contribution >= 0.6 is 0 Å². The number of carbonyl (C=O) groups is 1. The zero-order chi connectivity index (χ0) is 12.1. The highest BCUT2D eigenvalue weighted by Crippen LogP contribution is 2.24. The number of hydrogen-bond donors (Lipinski definition) is 2. The number of carbonyl (C=O) groups excluding carboxylic acids is 1. The summed E-state index contributed by atoms with van der Waals surface area (Å²) in [6.07, 6.45) is 0. The summed E-state index contributed by atoms with van der Waals surface area (Å²) in [7, 11) is 1.66. The van der Waals surface area contributed by atoms with Crippen molar-refractivity contribution in [3.8, 4) is 5.75 Å². The van der Waals surface area contributed by atoms with Crippen LogP contribution in [-0.2, 0) is 11.3 Å². The van der Waals surface area contributed by atoms with Gasteiger partial charge in [-0.15, -0.1) is 0 Å². The smallest absolute Gasteiger partial charge is 0.234 e. The average molecular weight is 222 g/mol. The highest BCUT2D eigenvalue weighted by atomic mass is 16.5. The van der Waals surface area contributed by atoms with Gasteiger partial charge in [0.25, 0.3) is 0 Å². The van der Waals surface area contributed by atoms with Gasteiger partial charge in [-0.2, -0.15) is 0 Å². The number of ether oxygens (including phenoxy) is 1. The molecule has 1 aromatic rings. The standard InChI is InChI=1S/C12H18N2O2/c1-8-4-10(7-14-11(15)6-13)5-9(2)12(8)16-3/h4-5H,6-7,13H2,1-3H3,(H,14,15). The Morgan fingerprint density at radius 2 is 1.94 bits per heavy atom. The molecule has 88 valence electrons. The first-order valence-electron chi connectivity index (χ1n) is 5.19. The molecule has 0 saturated heterocycles. The van der Waals surface area contributed by atoms with E-state index in [-0.39, 0.29) is 12.5 Å². The minimum Gasteiger partial charge on any atom is -0.496 e. The largest absolute Gasteiger partial charge is 0.496 e. The molecule has 0 atom stereocenters. The quantitative estimate of drug-likeness (QED) is 0.795.